The quantitative estimate of drug-likeness (QED) is 0.581. The van der Waals surface area contributed by atoms with Crippen LogP contribution < -0.4 is 4.72 Å². The van der Waals surface area contributed by atoms with Gasteiger partial charge < -0.3 is 9.88 Å². The Morgan fingerprint density at radius 3 is 2.45 bits per heavy atom. The van der Waals surface area contributed by atoms with Crippen LogP contribution in [-0.2, 0) is 26.4 Å². The summed E-state index contributed by atoms with van der Waals surface area (Å²) in [6.45, 7) is 0.765. The van der Waals surface area contributed by atoms with Crippen LogP contribution in [0.25, 0.3) is 22.2 Å². The molecule has 2 N–H and O–H groups in total. The van der Waals surface area contributed by atoms with Gasteiger partial charge in [-0.3, -0.25) is 0 Å². The molecule has 0 unspecified atom stereocenters. The van der Waals surface area contributed by atoms with Gasteiger partial charge in [0.2, 0.25) is 10.0 Å². The van der Waals surface area contributed by atoms with Gasteiger partial charge in [-0.1, -0.05) is 12.1 Å². The Hall–Kier alpha value is -2.27. The Bertz CT molecular complexity index is 1280. The fraction of sp³-hybridized carbons (Fsp3) is 0.381. The second kappa shape index (κ2) is 8.34. The van der Waals surface area contributed by atoms with Crippen LogP contribution in [-0.4, -0.2) is 63.3 Å². The van der Waals surface area contributed by atoms with Crippen molar-refractivity contribution in [1.29, 1.82) is 0 Å². The molecular formula is C21H26N4O4S2. The van der Waals surface area contributed by atoms with E-state index in [1.54, 1.807) is 30.5 Å². The molecule has 0 atom stereocenters. The van der Waals surface area contributed by atoms with Crippen molar-refractivity contribution in [1.82, 2.24) is 19.6 Å². The van der Waals surface area contributed by atoms with Gasteiger partial charge in [0, 0.05) is 29.9 Å². The summed E-state index contributed by atoms with van der Waals surface area (Å²) in [4.78, 5) is 9.96. The first-order valence-corrected chi connectivity index (χ1v) is 13.4. The molecule has 0 spiro atoms. The maximum Gasteiger partial charge on any atom is 0.240 e. The lowest BCUT2D eigenvalue weighted by Gasteiger charge is -2.22. The second-order valence-corrected chi connectivity index (χ2v) is 12.2. The molecule has 166 valence electrons. The molecule has 0 bridgehead atoms. The normalized spacial score (nSPS) is 17.4. The maximum absolute atomic E-state index is 12.7. The van der Waals surface area contributed by atoms with Gasteiger partial charge in [-0.25, -0.2) is 26.5 Å². The first-order valence-electron chi connectivity index (χ1n) is 10.1. The number of rotatable bonds is 6. The van der Waals surface area contributed by atoms with Gasteiger partial charge >= 0.3 is 0 Å². The van der Waals surface area contributed by atoms with Crippen molar-refractivity contribution in [2.24, 2.45) is 0 Å². The summed E-state index contributed by atoms with van der Waals surface area (Å²) >= 11 is 0. The van der Waals surface area contributed by atoms with Gasteiger partial charge in [0.15, 0.2) is 0 Å². The monoisotopic (exact) mass is 462 g/mol. The summed E-state index contributed by atoms with van der Waals surface area (Å²) in [6, 6.07) is 10.4. The zero-order valence-corrected chi connectivity index (χ0v) is 19.1. The molecular weight excluding hydrogens is 436 g/mol. The first kappa shape index (κ1) is 21.9. The van der Waals surface area contributed by atoms with E-state index < -0.39 is 19.9 Å². The number of nitrogens with zero attached hydrogens (tertiary/aromatic N) is 2. The van der Waals surface area contributed by atoms with E-state index in [-0.39, 0.29) is 22.4 Å². The van der Waals surface area contributed by atoms with Crippen molar-refractivity contribution in [3.63, 3.8) is 0 Å². The summed E-state index contributed by atoms with van der Waals surface area (Å²) in [5, 5.41) is 0.983. The minimum Gasteiger partial charge on any atom is -0.342 e. The maximum atomic E-state index is 12.7. The van der Waals surface area contributed by atoms with Gasteiger partial charge in [0.25, 0.3) is 0 Å². The summed E-state index contributed by atoms with van der Waals surface area (Å²) in [5.74, 6) is 0.0350. The van der Waals surface area contributed by atoms with Crippen molar-refractivity contribution in [3.8, 4) is 11.1 Å². The van der Waals surface area contributed by atoms with Gasteiger partial charge in [0.05, 0.1) is 16.4 Å². The lowest BCUT2D eigenvalue weighted by atomic mass is 10.0. The average Bonchev–Trinajstić information content (AvgIpc) is 3.11. The highest BCUT2D eigenvalue weighted by Gasteiger charge is 2.27. The fourth-order valence-corrected chi connectivity index (χ4v) is 6.66. The summed E-state index contributed by atoms with van der Waals surface area (Å²) in [6.07, 6.45) is 2.34. The number of aromatic amines is 1. The molecule has 4 rings (SSSR count). The van der Waals surface area contributed by atoms with Crippen LogP contribution in [0.3, 0.4) is 0 Å². The largest absolute Gasteiger partial charge is 0.342 e. The van der Waals surface area contributed by atoms with Crippen LogP contribution in [0.5, 0.6) is 0 Å². The van der Waals surface area contributed by atoms with Gasteiger partial charge in [0.1, 0.15) is 15.5 Å². The van der Waals surface area contributed by atoms with E-state index in [1.807, 2.05) is 20.2 Å². The van der Waals surface area contributed by atoms with E-state index in [1.165, 1.54) is 0 Å². The lowest BCUT2D eigenvalue weighted by Crippen LogP contribution is -2.40. The van der Waals surface area contributed by atoms with E-state index in [0.717, 1.165) is 34.4 Å². The number of sulfonamides is 1. The van der Waals surface area contributed by atoms with Crippen molar-refractivity contribution in [3.05, 3.63) is 48.3 Å². The highest BCUT2D eigenvalue weighted by molar-refractivity contribution is 7.91. The molecule has 10 heteroatoms. The van der Waals surface area contributed by atoms with Crippen LogP contribution in [0.1, 0.15) is 18.5 Å². The molecule has 1 aliphatic rings. The van der Waals surface area contributed by atoms with E-state index >= 15 is 0 Å². The fourth-order valence-electron chi connectivity index (χ4n) is 3.87. The van der Waals surface area contributed by atoms with Crippen LogP contribution in [0.2, 0.25) is 0 Å². The van der Waals surface area contributed by atoms with Crippen LogP contribution in [0.4, 0.5) is 0 Å². The smallest absolute Gasteiger partial charge is 0.240 e. The molecule has 0 amide bonds. The number of benzene rings is 1. The number of H-pyrrole nitrogens is 1. The van der Waals surface area contributed by atoms with Crippen molar-refractivity contribution >= 4 is 30.9 Å². The zero-order valence-electron chi connectivity index (χ0n) is 17.5. The molecule has 0 radical (unpaired) electrons. The zero-order chi connectivity index (χ0) is 22.2. The standard InChI is InChI=1S/C21H26N4O4S2/c1-25(2)14-17-13-20-19(7-10-22-21(20)23-17)15-3-5-18(6-4-15)31(28,29)24-16-8-11-30(26,27)12-9-16/h3-7,10,13,16,24H,8-9,11-12,14H2,1-2H3,(H,22,23). The third kappa shape index (κ3) is 4.98. The summed E-state index contributed by atoms with van der Waals surface area (Å²) in [5.41, 5.74) is 3.71. The van der Waals surface area contributed by atoms with Gasteiger partial charge in [-0.05, 0) is 62.3 Å². The minimum absolute atomic E-state index is 0.0175. The molecule has 3 heterocycles. The SMILES string of the molecule is CN(C)Cc1cc2c(-c3ccc(S(=O)(=O)NC4CCS(=O)(=O)CC4)cc3)ccnc2[nH]1. The molecule has 2 aromatic heterocycles. The molecule has 1 aliphatic heterocycles. The molecule has 8 nitrogen and oxygen atoms in total. The highest BCUT2D eigenvalue weighted by atomic mass is 32.2. The Kier molecular flexibility index (Phi) is 5.91. The number of aromatic nitrogens is 2. The Morgan fingerprint density at radius 1 is 1.13 bits per heavy atom. The van der Waals surface area contributed by atoms with E-state index in [0.29, 0.717) is 12.8 Å². The third-order valence-electron chi connectivity index (χ3n) is 5.43. The number of sulfone groups is 1. The molecule has 0 saturated carbocycles. The first-order chi connectivity index (χ1) is 14.6. The number of nitrogens with one attached hydrogen (secondary N) is 2. The number of pyridine rings is 1. The number of hydrogen-bond acceptors (Lipinski definition) is 6. The molecule has 0 aliphatic carbocycles. The van der Waals surface area contributed by atoms with E-state index in [9.17, 15) is 16.8 Å². The molecule has 1 aromatic carbocycles. The van der Waals surface area contributed by atoms with Crippen molar-refractivity contribution in [2.45, 2.75) is 30.3 Å². The minimum atomic E-state index is -3.72. The van der Waals surface area contributed by atoms with Gasteiger partial charge in [-0.2, -0.15) is 0 Å². The van der Waals surface area contributed by atoms with Crippen LogP contribution in [0, 0.1) is 0 Å². The average molecular weight is 463 g/mol. The van der Waals surface area contributed by atoms with Crippen LogP contribution in [0.15, 0.2) is 47.5 Å². The Labute approximate surface area is 182 Å². The lowest BCUT2D eigenvalue weighted by molar-refractivity contribution is 0.398. The van der Waals surface area contributed by atoms with Crippen molar-refractivity contribution in [2.75, 3.05) is 25.6 Å². The van der Waals surface area contributed by atoms with Crippen LogP contribution >= 0.6 is 0 Å². The highest BCUT2D eigenvalue weighted by Crippen LogP contribution is 2.29. The summed E-state index contributed by atoms with van der Waals surface area (Å²) in [7, 11) is -2.76. The topological polar surface area (TPSA) is 112 Å². The number of hydrogen-bond donors (Lipinski definition) is 2. The predicted molar refractivity (Wildman–Crippen MR) is 121 cm³/mol. The molecule has 1 saturated heterocycles. The number of fused-ring (bicyclic) bond motifs is 1. The molecule has 1 fully saturated rings. The Balaban J connectivity index is 1.56. The van der Waals surface area contributed by atoms with E-state index in [4.69, 9.17) is 0 Å². The summed E-state index contributed by atoms with van der Waals surface area (Å²) < 4.78 is 51.3. The predicted octanol–water partition coefficient (Wildman–Crippen LogP) is 2.15. The van der Waals surface area contributed by atoms with Gasteiger partial charge in [-0.15, -0.1) is 0 Å². The van der Waals surface area contributed by atoms with Crippen molar-refractivity contribution < 1.29 is 16.8 Å². The molecule has 3 aromatic rings. The third-order valence-corrected chi connectivity index (χ3v) is 8.68. The Morgan fingerprint density at radius 2 is 1.81 bits per heavy atom. The van der Waals surface area contributed by atoms with E-state index in [2.05, 4.69) is 25.7 Å². The molecule has 31 heavy (non-hydrogen) atoms. The second-order valence-electron chi connectivity index (χ2n) is 8.22.